The number of carbonyl (C=O) groups is 2. The molecule has 4 atom stereocenters. The number of halogens is 1. The Kier molecular flexibility index (Phi) is 4.21. The molecule has 2 N–H and O–H groups in total. The van der Waals surface area contributed by atoms with Gasteiger partial charge < -0.3 is 24.2 Å². The van der Waals surface area contributed by atoms with Crippen LogP contribution >= 0.6 is 0 Å². The number of nitrogens with one attached hydrogen (secondary N) is 1. The molecule has 0 aliphatic carbocycles. The fourth-order valence-corrected chi connectivity index (χ4v) is 7.55. The molecule has 27 heavy (non-hydrogen) atoms. The maximum atomic E-state index is 15.2. The van der Waals surface area contributed by atoms with Crippen molar-refractivity contribution < 1.29 is 23.5 Å². The van der Waals surface area contributed by atoms with Gasteiger partial charge in [0.05, 0.1) is 6.10 Å². The summed E-state index contributed by atoms with van der Waals surface area (Å²) < 4.78 is 21.4. The lowest BCUT2D eigenvalue weighted by Crippen LogP contribution is -2.44. The summed E-state index contributed by atoms with van der Waals surface area (Å²) in [6.07, 6.45) is 0.307. The van der Waals surface area contributed by atoms with Crippen LogP contribution in [0.25, 0.3) is 0 Å². The van der Waals surface area contributed by atoms with Gasteiger partial charge in [-0.15, -0.1) is 0 Å². The van der Waals surface area contributed by atoms with E-state index in [1.165, 1.54) is 0 Å². The molecule has 0 unspecified atom stereocenters. The monoisotopic (exact) mass is 392 g/mol. The van der Waals surface area contributed by atoms with Crippen molar-refractivity contribution >= 4 is 31.6 Å². The smallest absolute Gasteiger partial charge is 0.261 e. The zero-order valence-electron chi connectivity index (χ0n) is 15.8. The highest BCUT2D eigenvalue weighted by Crippen LogP contribution is 2.59. The third-order valence-corrected chi connectivity index (χ3v) is 8.73. The minimum absolute atomic E-state index is 0.0509. The molecule has 8 heteroatoms. The predicted octanol–water partition coefficient (Wildman–Crippen LogP) is 2.53. The highest BCUT2D eigenvalue weighted by atomic mass is 28.4. The molecule has 0 aromatic heterocycles. The molecule has 6 nitrogen and oxygen atoms in total. The van der Waals surface area contributed by atoms with Crippen LogP contribution < -0.4 is 10.2 Å². The van der Waals surface area contributed by atoms with Crippen LogP contribution in [0.15, 0.2) is 18.2 Å². The third-order valence-electron chi connectivity index (χ3n) is 6.27. The number of aliphatic hydroxyl groups is 1. The number of carbonyl (C=O) groups excluding carboxylic acids is 2. The van der Waals surface area contributed by atoms with Gasteiger partial charge >= 0.3 is 0 Å². The fourth-order valence-electron chi connectivity index (χ4n) is 5.01. The van der Waals surface area contributed by atoms with Crippen LogP contribution in [0.4, 0.5) is 15.5 Å². The molecule has 2 fully saturated rings. The summed E-state index contributed by atoms with van der Waals surface area (Å²) in [5.74, 6) is -0.611. The number of fused-ring (bicyclic) bond motifs is 2. The Balaban J connectivity index is 1.80. The van der Waals surface area contributed by atoms with E-state index in [9.17, 15) is 14.7 Å². The Morgan fingerprint density at radius 3 is 2.70 bits per heavy atom. The molecule has 3 aliphatic rings. The maximum Gasteiger partial charge on any atom is 0.261 e. The minimum Gasteiger partial charge on any atom is -0.396 e. The number of aliphatic hydroxyl groups excluding tert-OH is 1. The Labute approximate surface area is 158 Å². The summed E-state index contributed by atoms with van der Waals surface area (Å²) in [7, 11) is -3.15. The molecule has 1 aromatic rings. The van der Waals surface area contributed by atoms with Gasteiger partial charge in [-0.05, 0) is 37.7 Å². The largest absolute Gasteiger partial charge is 0.396 e. The molecule has 146 valence electrons. The van der Waals surface area contributed by atoms with Crippen molar-refractivity contribution in [2.24, 2.45) is 5.92 Å². The van der Waals surface area contributed by atoms with E-state index in [2.05, 4.69) is 5.32 Å². The van der Waals surface area contributed by atoms with E-state index in [4.69, 9.17) is 4.74 Å². The lowest BCUT2D eigenvalue weighted by Gasteiger charge is -2.33. The van der Waals surface area contributed by atoms with Gasteiger partial charge in [-0.2, -0.15) is 0 Å². The van der Waals surface area contributed by atoms with E-state index >= 15 is 4.11 Å². The summed E-state index contributed by atoms with van der Waals surface area (Å²) in [5.41, 5.74) is 0.359. The quantitative estimate of drug-likeness (QED) is 0.469. The molecule has 3 aliphatic heterocycles. The number of ether oxygens (including phenoxy) is 1. The molecule has 3 heterocycles. The van der Waals surface area contributed by atoms with Crippen LogP contribution in [0.5, 0.6) is 0 Å². The standard InChI is InChI=1S/C19H25FN2O4Si/c1-11-17(27(2,3)20)15(7-9-23)26-19(11)13-10-12(22-8-6-16(22)24)4-5-14(13)21-18(19)25/h4-5,10-11,15,17,23H,6-9H2,1-3H3,(H,21,25)/t11-,15+,17-,19+/m0/s1. The van der Waals surface area contributed by atoms with Crippen LogP contribution in [-0.2, 0) is 19.9 Å². The second-order valence-corrected chi connectivity index (χ2v) is 12.1. The zero-order valence-corrected chi connectivity index (χ0v) is 16.8. The number of hydrogen-bond donors (Lipinski definition) is 2. The molecule has 0 radical (unpaired) electrons. The first-order chi connectivity index (χ1) is 12.7. The Morgan fingerprint density at radius 1 is 1.41 bits per heavy atom. The normalized spacial score (nSPS) is 32.6. The average Bonchev–Trinajstić information content (AvgIpc) is 3.02. The van der Waals surface area contributed by atoms with Crippen LogP contribution in [0.2, 0.25) is 18.6 Å². The summed E-state index contributed by atoms with van der Waals surface area (Å²) in [6, 6.07) is 5.42. The lowest BCUT2D eigenvalue weighted by atomic mass is 9.82. The van der Waals surface area contributed by atoms with E-state index in [1.54, 1.807) is 24.1 Å². The Morgan fingerprint density at radius 2 is 2.15 bits per heavy atom. The molecule has 1 aromatic carbocycles. The van der Waals surface area contributed by atoms with Gasteiger partial charge in [-0.3, -0.25) is 9.59 Å². The first kappa shape index (κ1) is 18.6. The molecular formula is C19H25FN2O4Si. The van der Waals surface area contributed by atoms with Gasteiger partial charge in [0, 0.05) is 48.0 Å². The van der Waals surface area contributed by atoms with Crippen LogP contribution in [0.1, 0.15) is 25.3 Å². The van der Waals surface area contributed by atoms with Gasteiger partial charge in [0.1, 0.15) is 0 Å². The fraction of sp³-hybridized carbons (Fsp3) is 0.579. The lowest BCUT2D eigenvalue weighted by molar-refractivity contribution is -0.143. The van der Waals surface area contributed by atoms with Crippen molar-refractivity contribution in [3.05, 3.63) is 23.8 Å². The zero-order chi connectivity index (χ0) is 19.6. The van der Waals surface area contributed by atoms with E-state index in [0.717, 1.165) is 5.69 Å². The van der Waals surface area contributed by atoms with Crippen molar-refractivity contribution in [3.8, 4) is 0 Å². The SMILES string of the molecule is C[C@H]1[C@H]([Si](C)(C)F)[C@@H](CCO)O[C@]12C(=O)Nc1ccc(N3CCC3=O)cc12. The number of rotatable bonds is 4. The summed E-state index contributed by atoms with van der Waals surface area (Å²) >= 11 is 0. The summed E-state index contributed by atoms with van der Waals surface area (Å²) in [6.45, 7) is 5.66. The number of anilines is 2. The first-order valence-electron chi connectivity index (χ1n) is 9.44. The predicted molar refractivity (Wildman–Crippen MR) is 102 cm³/mol. The second-order valence-electron chi connectivity index (χ2n) is 8.26. The molecule has 0 saturated carbocycles. The molecule has 1 spiro atoms. The second kappa shape index (κ2) is 6.12. The Bertz CT molecular complexity index is 811. The number of β-lactam (4-membered cyclic amide) rings is 1. The van der Waals surface area contributed by atoms with Gasteiger partial charge in [-0.25, -0.2) is 0 Å². The topological polar surface area (TPSA) is 78.9 Å². The molecule has 4 rings (SSSR count). The molecule has 2 amide bonds. The number of hydrogen-bond acceptors (Lipinski definition) is 4. The van der Waals surface area contributed by atoms with Crippen molar-refractivity contribution in [2.75, 3.05) is 23.4 Å². The number of amides is 2. The van der Waals surface area contributed by atoms with Gasteiger partial charge in [-0.1, -0.05) is 6.92 Å². The van der Waals surface area contributed by atoms with Crippen molar-refractivity contribution in [1.82, 2.24) is 0 Å². The molecule has 0 bridgehead atoms. The molecular weight excluding hydrogens is 367 g/mol. The van der Waals surface area contributed by atoms with Crippen molar-refractivity contribution in [1.29, 1.82) is 0 Å². The summed E-state index contributed by atoms with van der Waals surface area (Å²) in [5, 5.41) is 12.3. The highest BCUT2D eigenvalue weighted by Gasteiger charge is 2.65. The van der Waals surface area contributed by atoms with Crippen LogP contribution in [0.3, 0.4) is 0 Å². The van der Waals surface area contributed by atoms with Crippen LogP contribution in [-0.4, -0.2) is 44.6 Å². The third kappa shape index (κ3) is 2.57. The van der Waals surface area contributed by atoms with Gasteiger partial charge in [0.2, 0.25) is 14.3 Å². The minimum atomic E-state index is -3.15. The van der Waals surface area contributed by atoms with Gasteiger partial charge in [0.25, 0.3) is 5.91 Å². The first-order valence-corrected chi connectivity index (χ1v) is 12.4. The Hall–Kier alpha value is -1.77. The average molecular weight is 393 g/mol. The maximum absolute atomic E-state index is 15.2. The summed E-state index contributed by atoms with van der Waals surface area (Å²) in [4.78, 5) is 26.5. The number of nitrogens with zero attached hydrogens (tertiary/aromatic N) is 1. The number of benzene rings is 1. The van der Waals surface area contributed by atoms with E-state index in [1.807, 2.05) is 19.1 Å². The van der Waals surface area contributed by atoms with Crippen LogP contribution in [0, 0.1) is 5.92 Å². The molecule has 2 saturated heterocycles. The van der Waals surface area contributed by atoms with E-state index in [0.29, 0.717) is 30.6 Å². The van der Waals surface area contributed by atoms with Crippen molar-refractivity contribution in [3.63, 3.8) is 0 Å². The van der Waals surface area contributed by atoms with Gasteiger partial charge in [0.15, 0.2) is 5.60 Å². The van der Waals surface area contributed by atoms with E-state index < -0.39 is 25.7 Å². The van der Waals surface area contributed by atoms with E-state index in [-0.39, 0.29) is 24.3 Å². The van der Waals surface area contributed by atoms with Crippen molar-refractivity contribution in [2.45, 2.75) is 50.1 Å². The highest BCUT2D eigenvalue weighted by molar-refractivity contribution is 6.72.